The molecular formula is C12H20N4O. The van der Waals surface area contributed by atoms with Crippen LogP contribution < -0.4 is 15.0 Å². The van der Waals surface area contributed by atoms with Crippen molar-refractivity contribution in [2.45, 2.75) is 13.3 Å². The number of nitrogens with zero attached hydrogens (tertiary/aromatic N) is 3. The summed E-state index contributed by atoms with van der Waals surface area (Å²) < 4.78 is 5.23. The van der Waals surface area contributed by atoms with Crippen LogP contribution in [0.4, 0.5) is 5.82 Å². The summed E-state index contributed by atoms with van der Waals surface area (Å²) in [6.45, 7) is 5.20. The molecule has 1 saturated heterocycles. The lowest BCUT2D eigenvalue weighted by Crippen LogP contribution is -2.25. The normalized spacial score (nSPS) is 19.7. The van der Waals surface area contributed by atoms with E-state index in [0.29, 0.717) is 11.8 Å². The van der Waals surface area contributed by atoms with Crippen molar-refractivity contribution in [2.75, 3.05) is 38.7 Å². The van der Waals surface area contributed by atoms with Gasteiger partial charge in [-0.25, -0.2) is 9.97 Å². The highest BCUT2D eigenvalue weighted by Crippen LogP contribution is 2.28. The molecule has 0 spiro atoms. The minimum absolute atomic E-state index is 0.673. The van der Waals surface area contributed by atoms with Crippen molar-refractivity contribution in [2.24, 2.45) is 5.92 Å². The Morgan fingerprint density at radius 1 is 1.53 bits per heavy atom. The zero-order valence-corrected chi connectivity index (χ0v) is 10.7. The van der Waals surface area contributed by atoms with Crippen molar-refractivity contribution >= 4 is 5.82 Å². The number of aromatic nitrogens is 2. The Labute approximate surface area is 102 Å². The first-order valence-electron chi connectivity index (χ1n) is 6.01. The molecule has 1 unspecified atom stereocenters. The fourth-order valence-electron chi connectivity index (χ4n) is 2.43. The molecule has 1 atom stereocenters. The van der Waals surface area contributed by atoms with Gasteiger partial charge in [-0.2, -0.15) is 0 Å². The van der Waals surface area contributed by atoms with Crippen molar-refractivity contribution < 1.29 is 4.74 Å². The predicted octanol–water partition coefficient (Wildman–Crippen LogP) is 0.839. The Morgan fingerprint density at radius 3 is 3.06 bits per heavy atom. The van der Waals surface area contributed by atoms with E-state index in [4.69, 9.17) is 4.74 Å². The van der Waals surface area contributed by atoms with Gasteiger partial charge in [0.1, 0.15) is 12.1 Å². The second kappa shape index (κ2) is 5.31. The van der Waals surface area contributed by atoms with E-state index in [2.05, 4.69) is 20.2 Å². The number of methoxy groups -OCH3 is 1. The standard InChI is InChI=1S/C12H20N4O/c1-9-11(14-8-15-12(9)17-3)16-5-4-10(7-16)6-13-2/h8,10,13H,4-7H2,1-3H3. The quantitative estimate of drug-likeness (QED) is 0.839. The molecule has 17 heavy (non-hydrogen) atoms. The van der Waals surface area contributed by atoms with Crippen LogP contribution >= 0.6 is 0 Å². The largest absolute Gasteiger partial charge is 0.481 e. The van der Waals surface area contributed by atoms with Gasteiger partial charge in [0.15, 0.2) is 0 Å². The van der Waals surface area contributed by atoms with Crippen LogP contribution in [0, 0.1) is 12.8 Å². The van der Waals surface area contributed by atoms with Crippen LogP contribution in [-0.2, 0) is 0 Å². The number of nitrogens with one attached hydrogen (secondary N) is 1. The average molecular weight is 236 g/mol. The first kappa shape index (κ1) is 12.1. The van der Waals surface area contributed by atoms with E-state index < -0.39 is 0 Å². The lowest BCUT2D eigenvalue weighted by molar-refractivity contribution is 0.393. The second-order valence-electron chi connectivity index (χ2n) is 4.49. The Hall–Kier alpha value is -1.36. The maximum atomic E-state index is 5.23. The minimum Gasteiger partial charge on any atom is -0.481 e. The molecule has 1 fully saturated rings. The van der Waals surface area contributed by atoms with Crippen LogP contribution in [0.2, 0.25) is 0 Å². The van der Waals surface area contributed by atoms with Crippen LogP contribution in [0.15, 0.2) is 6.33 Å². The highest BCUT2D eigenvalue weighted by atomic mass is 16.5. The van der Waals surface area contributed by atoms with E-state index in [1.54, 1.807) is 13.4 Å². The summed E-state index contributed by atoms with van der Waals surface area (Å²) >= 11 is 0. The Balaban J connectivity index is 2.13. The van der Waals surface area contributed by atoms with Crippen LogP contribution in [-0.4, -0.2) is 43.8 Å². The molecule has 1 N–H and O–H groups in total. The molecular weight excluding hydrogens is 216 g/mol. The molecule has 1 aromatic rings. The molecule has 0 aliphatic carbocycles. The summed E-state index contributed by atoms with van der Waals surface area (Å²) in [5.74, 6) is 2.39. The topological polar surface area (TPSA) is 50.3 Å². The minimum atomic E-state index is 0.673. The summed E-state index contributed by atoms with van der Waals surface area (Å²) in [6.07, 6.45) is 2.79. The van der Waals surface area contributed by atoms with Gasteiger partial charge in [-0.05, 0) is 32.9 Å². The van der Waals surface area contributed by atoms with Gasteiger partial charge >= 0.3 is 0 Å². The Morgan fingerprint density at radius 2 is 2.35 bits per heavy atom. The van der Waals surface area contributed by atoms with E-state index in [-0.39, 0.29) is 0 Å². The monoisotopic (exact) mass is 236 g/mol. The molecule has 0 radical (unpaired) electrons. The fraction of sp³-hybridized carbons (Fsp3) is 0.667. The number of anilines is 1. The maximum absolute atomic E-state index is 5.23. The van der Waals surface area contributed by atoms with E-state index in [1.807, 2.05) is 14.0 Å². The average Bonchev–Trinajstić information content (AvgIpc) is 2.78. The molecule has 2 rings (SSSR count). The summed E-state index contributed by atoms with van der Waals surface area (Å²) in [5, 5.41) is 3.23. The van der Waals surface area contributed by atoms with Crippen LogP contribution in [0.1, 0.15) is 12.0 Å². The number of hydrogen-bond acceptors (Lipinski definition) is 5. The van der Waals surface area contributed by atoms with Gasteiger partial charge in [0, 0.05) is 13.1 Å². The van der Waals surface area contributed by atoms with Crippen molar-refractivity contribution in [1.82, 2.24) is 15.3 Å². The third-order valence-corrected chi connectivity index (χ3v) is 3.28. The second-order valence-corrected chi connectivity index (χ2v) is 4.49. The van der Waals surface area contributed by atoms with Gasteiger partial charge in [0.25, 0.3) is 0 Å². The predicted molar refractivity (Wildman–Crippen MR) is 67.6 cm³/mol. The zero-order valence-electron chi connectivity index (χ0n) is 10.7. The summed E-state index contributed by atoms with van der Waals surface area (Å²) in [6, 6.07) is 0. The van der Waals surface area contributed by atoms with Gasteiger partial charge in [-0.1, -0.05) is 0 Å². The SMILES string of the molecule is CNCC1CCN(c2ncnc(OC)c2C)C1. The Bertz CT molecular complexity index is 383. The molecule has 0 aromatic carbocycles. The lowest BCUT2D eigenvalue weighted by Gasteiger charge is -2.20. The zero-order chi connectivity index (χ0) is 12.3. The van der Waals surface area contributed by atoms with Crippen LogP contribution in [0.3, 0.4) is 0 Å². The van der Waals surface area contributed by atoms with Crippen LogP contribution in [0.5, 0.6) is 5.88 Å². The van der Waals surface area contributed by atoms with Crippen molar-refractivity contribution in [3.8, 4) is 5.88 Å². The van der Waals surface area contributed by atoms with E-state index in [1.165, 1.54) is 6.42 Å². The van der Waals surface area contributed by atoms with Gasteiger partial charge in [0.05, 0.1) is 12.7 Å². The number of hydrogen-bond donors (Lipinski definition) is 1. The van der Waals surface area contributed by atoms with Crippen molar-refractivity contribution in [1.29, 1.82) is 0 Å². The lowest BCUT2D eigenvalue weighted by atomic mass is 10.1. The third-order valence-electron chi connectivity index (χ3n) is 3.28. The van der Waals surface area contributed by atoms with E-state index >= 15 is 0 Å². The molecule has 0 saturated carbocycles. The fourth-order valence-corrected chi connectivity index (χ4v) is 2.43. The summed E-state index contributed by atoms with van der Waals surface area (Å²) in [5.41, 5.74) is 1.03. The van der Waals surface area contributed by atoms with E-state index in [0.717, 1.165) is 31.0 Å². The smallest absolute Gasteiger partial charge is 0.221 e. The number of ether oxygens (including phenoxy) is 1. The molecule has 0 amide bonds. The maximum Gasteiger partial charge on any atom is 0.221 e. The number of rotatable bonds is 4. The molecule has 1 aromatic heterocycles. The van der Waals surface area contributed by atoms with Gasteiger partial charge in [0.2, 0.25) is 5.88 Å². The highest BCUT2D eigenvalue weighted by molar-refractivity contribution is 5.50. The highest BCUT2D eigenvalue weighted by Gasteiger charge is 2.24. The van der Waals surface area contributed by atoms with Crippen LogP contribution in [0.25, 0.3) is 0 Å². The van der Waals surface area contributed by atoms with Gasteiger partial charge in [-0.3, -0.25) is 0 Å². The Kier molecular flexibility index (Phi) is 3.78. The van der Waals surface area contributed by atoms with Gasteiger partial charge < -0.3 is 15.0 Å². The molecule has 5 heteroatoms. The van der Waals surface area contributed by atoms with Gasteiger partial charge in [-0.15, -0.1) is 0 Å². The molecule has 5 nitrogen and oxygen atoms in total. The summed E-state index contributed by atoms with van der Waals surface area (Å²) in [4.78, 5) is 10.8. The summed E-state index contributed by atoms with van der Waals surface area (Å²) in [7, 11) is 3.65. The van der Waals surface area contributed by atoms with Crippen molar-refractivity contribution in [3.05, 3.63) is 11.9 Å². The molecule has 94 valence electrons. The van der Waals surface area contributed by atoms with E-state index in [9.17, 15) is 0 Å². The molecule has 2 heterocycles. The first-order chi connectivity index (χ1) is 8.26. The molecule has 1 aliphatic heterocycles. The molecule has 0 bridgehead atoms. The molecule has 1 aliphatic rings. The van der Waals surface area contributed by atoms with Crippen molar-refractivity contribution in [3.63, 3.8) is 0 Å². The third kappa shape index (κ3) is 2.49. The first-order valence-corrected chi connectivity index (χ1v) is 6.01.